The Morgan fingerprint density at radius 1 is 1.56 bits per heavy atom. The van der Waals surface area contributed by atoms with Gasteiger partial charge in [0.05, 0.1) is 0 Å². The highest BCUT2D eigenvalue weighted by molar-refractivity contribution is 6.35. The van der Waals surface area contributed by atoms with Crippen molar-refractivity contribution in [2.45, 2.75) is 0 Å². The van der Waals surface area contributed by atoms with Crippen LogP contribution in [0, 0.1) is 5.95 Å². The van der Waals surface area contributed by atoms with Crippen molar-refractivity contribution in [3.05, 3.63) is 18.1 Å². The summed E-state index contributed by atoms with van der Waals surface area (Å²) in [4.78, 5) is 3.38. The van der Waals surface area contributed by atoms with E-state index < -0.39 is 5.95 Å². The van der Waals surface area contributed by atoms with E-state index in [1.807, 2.05) is 0 Å². The van der Waals surface area contributed by atoms with Gasteiger partial charge in [0.15, 0.2) is 0 Å². The molecule has 0 radical (unpaired) electrons. The van der Waals surface area contributed by atoms with Crippen LogP contribution in [0.2, 0.25) is 0 Å². The molecule has 0 saturated carbocycles. The SMILES string of the molecule is Bc1ccc(F)nc1N. The number of pyridine rings is 1. The van der Waals surface area contributed by atoms with Gasteiger partial charge in [-0.15, -0.1) is 0 Å². The lowest BCUT2D eigenvalue weighted by Gasteiger charge is -1.95. The molecule has 1 rings (SSSR count). The van der Waals surface area contributed by atoms with E-state index in [4.69, 9.17) is 5.73 Å². The lowest BCUT2D eigenvalue weighted by atomic mass is 9.98. The van der Waals surface area contributed by atoms with Gasteiger partial charge in [0.1, 0.15) is 13.7 Å². The van der Waals surface area contributed by atoms with Gasteiger partial charge in [-0.25, -0.2) is 4.98 Å². The van der Waals surface area contributed by atoms with Crippen LogP contribution in [0.1, 0.15) is 0 Å². The van der Waals surface area contributed by atoms with Crippen molar-refractivity contribution in [3.63, 3.8) is 0 Å². The molecule has 0 aliphatic carbocycles. The van der Waals surface area contributed by atoms with Gasteiger partial charge in [-0.3, -0.25) is 0 Å². The molecule has 0 saturated heterocycles. The first kappa shape index (κ1) is 6.07. The summed E-state index contributed by atoms with van der Waals surface area (Å²) < 4.78 is 12.2. The van der Waals surface area contributed by atoms with Gasteiger partial charge in [0, 0.05) is 0 Å². The largest absolute Gasteiger partial charge is 0.384 e. The molecule has 46 valence electrons. The predicted molar refractivity (Wildman–Crippen MR) is 36.8 cm³/mol. The average Bonchev–Trinajstić information content (AvgIpc) is 1.80. The predicted octanol–water partition coefficient (Wildman–Crippen LogP) is -0.939. The number of hydrogen-bond donors (Lipinski definition) is 1. The van der Waals surface area contributed by atoms with Crippen LogP contribution in [0.5, 0.6) is 0 Å². The Labute approximate surface area is 53.3 Å². The lowest BCUT2D eigenvalue weighted by molar-refractivity contribution is 0.586. The van der Waals surface area contributed by atoms with Crippen molar-refractivity contribution in [2.24, 2.45) is 0 Å². The third kappa shape index (κ3) is 1.19. The van der Waals surface area contributed by atoms with Gasteiger partial charge in [0.2, 0.25) is 5.95 Å². The van der Waals surface area contributed by atoms with E-state index in [9.17, 15) is 4.39 Å². The molecule has 0 unspecified atom stereocenters. The summed E-state index contributed by atoms with van der Waals surface area (Å²) in [5, 5.41) is 0. The monoisotopic (exact) mass is 124 g/mol. The zero-order valence-electron chi connectivity index (χ0n) is 5.06. The summed E-state index contributed by atoms with van der Waals surface area (Å²) >= 11 is 0. The fourth-order valence-electron chi connectivity index (χ4n) is 0.520. The highest BCUT2D eigenvalue weighted by atomic mass is 19.1. The van der Waals surface area contributed by atoms with Gasteiger partial charge in [-0.05, 0) is 11.5 Å². The Bertz CT molecular complexity index is 226. The Morgan fingerprint density at radius 2 is 2.22 bits per heavy atom. The second-order valence-electron chi connectivity index (χ2n) is 1.84. The van der Waals surface area contributed by atoms with Crippen molar-refractivity contribution >= 4 is 19.1 Å². The molecular formula is C5H6BFN2. The molecule has 0 amide bonds. The molecule has 1 heterocycles. The van der Waals surface area contributed by atoms with Crippen molar-refractivity contribution in [1.82, 2.24) is 4.98 Å². The first-order valence-corrected chi connectivity index (χ1v) is 2.59. The first-order chi connectivity index (χ1) is 4.20. The normalized spacial score (nSPS) is 9.44. The van der Waals surface area contributed by atoms with Crippen molar-refractivity contribution in [1.29, 1.82) is 0 Å². The smallest absolute Gasteiger partial charge is 0.214 e. The minimum absolute atomic E-state index is 0.259. The molecule has 2 nitrogen and oxygen atoms in total. The van der Waals surface area contributed by atoms with Gasteiger partial charge in [-0.2, -0.15) is 4.39 Å². The van der Waals surface area contributed by atoms with Crippen LogP contribution in [0.3, 0.4) is 0 Å². The van der Waals surface area contributed by atoms with Gasteiger partial charge in [-0.1, -0.05) is 6.07 Å². The van der Waals surface area contributed by atoms with Crippen molar-refractivity contribution in [3.8, 4) is 0 Å². The van der Waals surface area contributed by atoms with E-state index in [0.29, 0.717) is 0 Å². The third-order valence-corrected chi connectivity index (χ3v) is 1.10. The number of hydrogen-bond acceptors (Lipinski definition) is 2. The molecule has 0 aromatic carbocycles. The zero-order valence-corrected chi connectivity index (χ0v) is 5.06. The maximum Gasteiger partial charge on any atom is 0.214 e. The molecule has 0 aliphatic rings. The lowest BCUT2D eigenvalue weighted by Crippen LogP contribution is -2.11. The van der Waals surface area contributed by atoms with Crippen LogP contribution in [0.25, 0.3) is 0 Å². The molecule has 0 bridgehead atoms. The Balaban J connectivity index is 3.17. The van der Waals surface area contributed by atoms with Crippen molar-refractivity contribution in [2.75, 3.05) is 5.73 Å². The minimum Gasteiger partial charge on any atom is -0.384 e. The zero-order chi connectivity index (χ0) is 6.85. The summed E-state index contributed by atoms with van der Waals surface area (Å²) in [6.45, 7) is 0. The fraction of sp³-hybridized carbons (Fsp3) is 0. The first-order valence-electron chi connectivity index (χ1n) is 2.59. The summed E-state index contributed by atoms with van der Waals surface area (Å²) in [5.41, 5.74) is 6.07. The van der Waals surface area contributed by atoms with E-state index in [0.717, 1.165) is 5.46 Å². The van der Waals surface area contributed by atoms with E-state index in [1.54, 1.807) is 13.9 Å². The van der Waals surface area contributed by atoms with Crippen molar-refractivity contribution < 1.29 is 4.39 Å². The van der Waals surface area contributed by atoms with Gasteiger partial charge in [0.25, 0.3) is 0 Å². The van der Waals surface area contributed by atoms with E-state index in [2.05, 4.69) is 4.98 Å². The number of halogens is 1. The second-order valence-corrected chi connectivity index (χ2v) is 1.84. The molecule has 4 heteroatoms. The maximum absolute atomic E-state index is 12.2. The Morgan fingerprint density at radius 3 is 2.67 bits per heavy atom. The number of nitrogens with zero attached hydrogens (tertiary/aromatic N) is 1. The van der Waals surface area contributed by atoms with Crippen LogP contribution in [0.15, 0.2) is 12.1 Å². The third-order valence-electron chi connectivity index (χ3n) is 1.10. The average molecular weight is 124 g/mol. The molecule has 0 fully saturated rings. The highest BCUT2D eigenvalue weighted by Gasteiger charge is 1.94. The molecule has 0 atom stereocenters. The van der Waals surface area contributed by atoms with E-state index >= 15 is 0 Å². The quantitative estimate of drug-likeness (QED) is 0.358. The van der Waals surface area contributed by atoms with Crippen LogP contribution in [-0.2, 0) is 0 Å². The molecule has 1 aromatic rings. The number of anilines is 1. The standard InChI is InChI=1S/C5H6BFN2/c6-3-1-2-4(7)9-5(3)8/h1-2H,6H2,(H2,8,9). The number of rotatable bonds is 0. The second kappa shape index (κ2) is 2.05. The Kier molecular flexibility index (Phi) is 1.38. The van der Waals surface area contributed by atoms with Gasteiger partial charge < -0.3 is 5.73 Å². The van der Waals surface area contributed by atoms with Gasteiger partial charge >= 0.3 is 0 Å². The summed E-state index contributed by atoms with van der Waals surface area (Å²) in [5.74, 6) is -0.270. The minimum atomic E-state index is -0.530. The maximum atomic E-state index is 12.2. The topological polar surface area (TPSA) is 38.9 Å². The molecule has 9 heavy (non-hydrogen) atoms. The number of nitrogens with two attached hydrogens (primary N) is 1. The summed E-state index contributed by atoms with van der Waals surface area (Å²) in [7, 11) is 1.78. The highest BCUT2D eigenvalue weighted by Crippen LogP contribution is 1.92. The van der Waals surface area contributed by atoms with Crippen LogP contribution in [-0.4, -0.2) is 12.8 Å². The molecule has 0 spiro atoms. The molecule has 1 aromatic heterocycles. The van der Waals surface area contributed by atoms with E-state index in [-0.39, 0.29) is 5.82 Å². The van der Waals surface area contributed by atoms with Crippen LogP contribution >= 0.6 is 0 Å². The number of nitrogen functional groups attached to an aromatic ring is 1. The molecule has 2 N–H and O–H groups in total. The fourth-order valence-corrected chi connectivity index (χ4v) is 0.520. The van der Waals surface area contributed by atoms with Crippen LogP contribution < -0.4 is 11.2 Å². The van der Waals surface area contributed by atoms with E-state index in [1.165, 1.54) is 6.07 Å². The Hall–Kier alpha value is -1.06. The summed E-state index contributed by atoms with van der Waals surface area (Å²) in [6.07, 6.45) is 0. The number of aromatic nitrogens is 1. The summed E-state index contributed by atoms with van der Waals surface area (Å²) in [6, 6.07) is 2.88. The molecular weight excluding hydrogens is 118 g/mol. The van der Waals surface area contributed by atoms with Crippen LogP contribution in [0.4, 0.5) is 10.2 Å². The molecule has 0 aliphatic heterocycles.